The molecule has 0 unspecified atom stereocenters. The Labute approximate surface area is 265 Å². The van der Waals surface area contributed by atoms with Gasteiger partial charge in [-0.1, -0.05) is 121 Å². The summed E-state index contributed by atoms with van der Waals surface area (Å²) in [4.78, 5) is 2.33. The summed E-state index contributed by atoms with van der Waals surface area (Å²) in [5.41, 5.74) is 9.80. The standard InChI is InChI=1S/C42H27NOS/c1-2-9-28(10-3-1)29-17-19-30(20-18-29)31-21-23-32(24-22-31)43(33-25-26-36-35-12-5-7-16-40(35)45-41(36)27-33)38-14-8-13-37-34-11-4-6-15-39(34)44-42(37)38/h1-27H. The second-order valence-corrected chi connectivity index (χ2v) is 12.4. The van der Waals surface area contributed by atoms with E-state index in [0.717, 1.165) is 39.0 Å². The summed E-state index contributed by atoms with van der Waals surface area (Å²) in [6.45, 7) is 0. The summed E-state index contributed by atoms with van der Waals surface area (Å²) in [7, 11) is 0. The molecule has 45 heavy (non-hydrogen) atoms. The van der Waals surface area contributed by atoms with Crippen LogP contribution in [0.2, 0.25) is 0 Å². The average Bonchev–Trinajstić information content (AvgIpc) is 3.68. The van der Waals surface area contributed by atoms with Crippen molar-refractivity contribution in [2.24, 2.45) is 0 Å². The number of furan rings is 1. The molecular weight excluding hydrogens is 567 g/mol. The van der Waals surface area contributed by atoms with Crippen molar-refractivity contribution in [1.82, 2.24) is 0 Å². The molecule has 0 amide bonds. The second kappa shape index (κ2) is 10.5. The monoisotopic (exact) mass is 593 g/mol. The lowest BCUT2D eigenvalue weighted by atomic mass is 10.00. The van der Waals surface area contributed by atoms with Gasteiger partial charge in [-0.25, -0.2) is 0 Å². The quantitative estimate of drug-likeness (QED) is 0.197. The van der Waals surface area contributed by atoms with Crippen molar-refractivity contribution in [2.75, 3.05) is 4.90 Å². The SMILES string of the molecule is c1ccc(-c2ccc(-c3ccc(N(c4ccc5c(c4)sc4ccccc45)c4cccc5c4oc4ccccc45)cc3)cc2)cc1. The minimum absolute atomic E-state index is 0.885. The van der Waals surface area contributed by atoms with E-state index < -0.39 is 0 Å². The average molecular weight is 594 g/mol. The van der Waals surface area contributed by atoms with Gasteiger partial charge >= 0.3 is 0 Å². The van der Waals surface area contributed by atoms with Gasteiger partial charge in [0.25, 0.3) is 0 Å². The predicted octanol–water partition coefficient (Wildman–Crippen LogP) is 12.8. The lowest BCUT2D eigenvalue weighted by Gasteiger charge is -2.26. The summed E-state index contributed by atoms with van der Waals surface area (Å²) < 4.78 is 9.12. The molecule has 0 aliphatic rings. The molecule has 0 atom stereocenters. The number of rotatable bonds is 5. The smallest absolute Gasteiger partial charge is 0.159 e. The topological polar surface area (TPSA) is 16.4 Å². The highest BCUT2D eigenvalue weighted by Crippen LogP contribution is 2.44. The second-order valence-electron chi connectivity index (χ2n) is 11.4. The zero-order chi connectivity index (χ0) is 29.7. The molecule has 0 N–H and O–H groups in total. The fraction of sp³-hybridized carbons (Fsp3) is 0. The molecule has 2 nitrogen and oxygen atoms in total. The van der Waals surface area contributed by atoms with Crippen LogP contribution in [0.1, 0.15) is 0 Å². The molecule has 0 spiro atoms. The van der Waals surface area contributed by atoms with Crippen LogP contribution >= 0.6 is 11.3 Å². The van der Waals surface area contributed by atoms with E-state index in [1.165, 1.54) is 42.4 Å². The van der Waals surface area contributed by atoms with Gasteiger partial charge in [-0.3, -0.25) is 0 Å². The zero-order valence-corrected chi connectivity index (χ0v) is 25.2. The summed E-state index contributed by atoms with van der Waals surface area (Å²) >= 11 is 1.84. The van der Waals surface area contributed by atoms with Crippen LogP contribution in [0.25, 0.3) is 64.4 Å². The lowest BCUT2D eigenvalue weighted by molar-refractivity contribution is 0.669. The fourth-order valence-electron chi connectivity index (χ4n) is 6.48. The maximum Gasteiger partial charge on any atom is 0.159 e. The van der Waals surface area contributed by atoms with Crippen molar-refractivity contribution in [3.63, 3.8) is 0 Å². The summed E-state index contributed by atoms with van der Waals surface area (Å²) in [6, 6.07) is 58.4. The number of hydrogen-bond acceptors (Lipinski definition) is 3. The third kappa shape index (κ3) is 4.40. The minimum Gasteiger partial charge on any atom is -0.454 e. The van der Waals surface area contributed by atoms with E-state index in [1.54, 1.807) is 0 Å². The molecule has 3 heteroatoms. The molecule has 2 heterocycles. The molecule has 0 aliphatic carbocycles. The Morgan fingerprint density at radius 3 is 1.76 bits per heavy atom. The Morgan fingerprint density at radius 2 is 0.978 bits per heavy atom. The molecule has 9 rings (SSSR count). The van der Waals surface area contributed by atoms with E-state index in [1.807, 2.05) is 23.5 Å². The number of hydrogen-bond donors (Lipinski definition) is 0. The molecule has 212 valence electrons. The third-order valence-electron chi connectivity index (χ3n) is 8.70. The van der Waals surface area contributed by atoms with Gasteiger partial charge in [0.15, 0.2) is 5.58 Å². The van der Waals surface area contributed by atoms with Gasteiger partial charge in [-0.05, 0) is 64.7 Å². The first-order chi connectivity index (χ1) is 22.3. The molecule has 7 aromatic carbocycles. The van der Waals surface area contributed by atoms with Gasteiger partial charge in [-0.2, -0.15) is 0 Å². The van der Waals surface area contributed by atoms with Gasteiger partial charge in [0.1, 0.15) is 5.58 Å². The minimum atomic E-state index is 0.885. The van der Waals surface area contributed by atoms with E-state index >= 15 is 0 Å². The highest BCUT2D eigenvalue weighted by Gasteiger charge is 2.20. The largest absolute Gasteiger partial charge is 0.454 e. The maximum atomic E-state index is 6.54. The Bertz CT molecular complexity index is 2470. The Kier molecular flexibility index (Phi) is 6.03. The fourth-order valence-corrected chi connectivity index (χ4v) is 7.62. The first kappa shape index (κ1) is 25.8. The molecule has 9 aromatic rings. The van der Waals surface area contributed by atoms with Crippen molar-refractivity contribution >= 4 is 70.5 Å². The van der Waals surface area contributed by atoms with E-state index in [9.17, 15) is 0 Å². The molecule has 0 aliphatic heterocycles. The molecule has 0 radical (unpaired) electrons. The molecule has 0 bridgehead atoms. The van der Waals surface area contributed by atoms with Crippen LogP contribution in [0.4, 0.5) is 17.1 Å². The van der Waals surface area contributed by atoms with Crippen molar-refractivity contribution in [3.05, 3.63) is 164 Å². The van der Waals surface area contributed by atoms with E-state index in [-0.39, 0.29) is 0 Å². The normalized spacial score (nSPS) is 11.6. The Balaban J connectivity index is 1.18. The summed E-state index contributed by atoms with van der Waals surface area (Å²) in [6.07, 6.45) is 0. The van der Waals surface area contributed by atoms with E-state index in [0.29, 0.717) is 0 Å². The summed E-state index contributed by atoms with van der Waals surface area (Å²) in [5, 5.41) is 4.84. The molecule has 0 saturated heterocycles. The molecular formula is C42H27NOS. The van der Waals surface area contributed by atoms with Crippen molar-refractivity contribution in [3.8, 4) is 22.3 Å². The maximum absolute atomic E-state index is 6.54. The van der Waals surface area contributed by atoms with Crippen LogP contribution in [0.15, 0.2) is 168 Å². The number of nitrogens with zero attached hydrogens (tertiary/aromatic N) is 1. The third-order valence-corrected chi connectivity index (χ3v) is 9.83. The highest BCUT2D eigenvalue weighted by molar-refractivity contribution is 7.25. The summed E-state index contributed by atoms with van der Waals surface area (Å²) in [5.74, 6) is 0. The van der Waals surface area contributed by atoms with Crippen LogP contribution in [0.5, 0.6) is 0 Å². The van der Waals surface area contributed by atoms with Crippen molar-refractivity contribution in [1.29, 1.82) is 0 Å². The van der Waals surface area contributed by atoms with Crippen molar-refractivity contribution in [2.45, 2.75) is 0 Å². The van der Waals surface area contributed by atoms with Gasteiger partial charge in [0.05, 0.1) is 5.69 Å². The van der Waals surface area contributed by atoms with E-state index in [2.05, 4.69) is 157 Å². The van der Waals surface area contributed by atoms with Gasteiger partial charge in [0, 0.05) is 42.3 Å². The number of para-hydroxylation sites is 2. The van der Waals surface area contributed by atoms with Crippen LogP contribution in [-0.2, 0) is 0 Å². The highest BCUT2D eigenvalue weighted by atomic mass is 32.1. The van der Waals surface area contributed by atoms with Gasteiger partial charge in [-0.15, -0.1) is 11.3 Å². The van der Waals surface area contributed by atoms with Crippen LogP contribution in [-0.4, -0.2) is 0 Å². The molecule has 2 aromatic heterocycles. The van der Waals surface area contributed by atoms with Gasteiger partial charge < -0.3 is 9.32 Å². The number of thiophene rings is 1. The van der Waals surface area contributed by atoms with Gasteiger partial charge in [0.2, 0.25) is 0 Å². The van der Waals surface area contributed by atoms with Crippen LogP contribution in [0, 0.1) is 0 Å². The Morgan fingerprint density at radius 1 is 0.400 bits per heavy atom. The molecule has 0 saturated carbocycles. The van der Waals surface area contributed by atoms with Crippen LogP contribution in [0.3, 0.4) is 0 Å². The van der Waals surface area contributed by atoms with E-state index in [4.69, 9.17) is 4.42 Å². The molecule has 0 fully saturated rings. The zero-order valence-electron chi connectivity index (χ0n) is 24.4. The first-order valence-electron chi connectivity index (χ1n) is 15.2. The predicted molar refractivity (Wildman–Crippen MR) is 192 cm³/mol. The number of benzene rings is 7. The van der Waals surface area contributed by atoms with Crippen LogP contribution < -0.4 is 4.90 Å². The first-order valence-corrected chi connectivity index (χ1v) is 16.0. The number of fused-ring (bicyclic) bond motifs is 6. The number of anilines is 3. The van der Waals surface area contributed by atoms with Crippen molar-refractivity contribution < 1.29 is 4.42 Å². The Hall–Kier alpha value is -5.64. The lowest BCUT2D eigenvalue weighted by Crippen LogP contribution is -2.10.